The molecule has 0 fully saturated rings. The van der Waals surface area contributed by atoms with Crippen LogP contribution in [-0.2, 0) is 0 Å². The topological polar surface area (TPSA) is 59.3 Å². The van der Waals surface area contributed by atoms with Crippen molar-refractivity contribution in [3.63, 3.8) is 0 Å². The first-order valence-corrected chi connectivity index (χ1v) is 6.13. The third-order valence-electron chi connectivity index (χ3n) is 2.86. The van der Waals surface area contributed by atoms with E-state index < -0.39 is 5.56 Å². The zero-order valence-corrected chi connectivity index (χ0v) is 11.4. The van der Waals surface area contributed by atoms with Crippen LogP contribution in [0.5, 0.6) is 5.88 Å². The predicted octanol–water partition coefficient (Wildman–Crippen LogP) is 2.34. The number of carbonyl (C=O) groups is 1. The summed E-state index contributed by atoms with van der Waals surface area (Å²) in [7, 11) is 0. The van der Waals surface area contributed by atoms with E-state index in [1.54, 1.807) is 31.2 Å². The van der Waals surface area contributed by atoms with Gasteiger partial charge < -0.3 is 5.11 Å². The summed E-state index contributed by atoms with van der Waals surface area (Å²) >= 11 is 4.26. The van der Waals surface area contributed by atoms with Gasteiger partial charge in [-0.15, -0.1) is 12.6 Å². The summed E-state index contributed by atoms with van der Waals surface area (Å²) in [5.74, 6) is -0.639. The molecule has 1 N–H and O–H groups in total. The highest BCUT2D eigenvalue weighted by atomic mass is 32.1. The second kappa shape index (κ2) is 4.93. The number of ketones is 1. The van der Waals surface area contributed by atoms with Crippen LogP contribution in [0.25, 0.3) is 5.69 Å². The number of aryl methyl sites for hydroxylation is 1. The third kappa shape index (κ3) is 2.29. The van der Waals surface area contributed by atoms with Gasteiger partial charge in [-0.1, -0.05) is 12.1 Å². The van der Waals surface area contributed by atoms with Crippen LogP contribution in [-0.4, -0.2) is 15.5 Å². The van der Waals surface area contributed by atoms with E-state index in [0.717, 1.165) is 4.57 Å². The molecule has 0 aliphatic heterocycles. The fourth-order valence-corrected chi connectivity index (χ4v) is 2.30. The number of pyridine rings is 1. The Morgan fingerprint density at radius 3 is 2.53 bits per heavy atom. The van der Waals surface area contributed by atoms with E-state index in [2.05, 4.69) is 12.6 Å². The Labute approximate surface area is 115 Å². The maximum absolute atomic E-state index is 12.0. The molecule has 2 rings (SSSR count). The molecule has 98 valence electrons. The number of thiol groups is 1. The number of aromatic nitrogens is 1. The number of Topliss-reactive ketones (excluding diaryl/α,β-unsaturated/α-hetero) is 1. The van der Waals surface area contributed by atoms with Gasteiger partial charge in [0.1, 0.15) is 0 Å². The van der Waals surface area contributed by atoms with Gasteiger partial charge in [0.05, 0.1) is 11.3 Å². The van der Waals surface area contributed by atoms with E-state index in [9.17, 15) is 14.7 Å². The maximum Gasteiger partial charge on any atom is 0.258 e. The van der Waals surface area contributed by atoms with Crippen molar-refractivity contribution in [1.29, 1.82) is 0 Å². The molecular formula is C14H13NO3S. The number of hydrogen-bond donors (Lipinski definition) is 2. The Balaban J connectivity index is 2.86. The van der Waals surface area contributed by atoms with E-state index >= 15 is 0 Å². The molecule has 0 atom stereocenters. The van der Waals surface area contributed by atoms with E-state index in [1.807, 2.05) is 0 Å². The molecule has 0 radical (unpaired) electrons. The standard InChI is InChI=1S/C14H13NO3S/c1-8-7-12(17)15(14(18)13(8)9(2)16)10-5-3-4-6-11(10)19/h3-7,18-19H,1-2H3. The highest BCUT2D eigenvalue weighted by molar-refractivity contribution is 7.80. The van der Waals surface area contributed by atoms with Crippen molar-refractivity contribution in [1.82, 2.24) is 4.57 Å². The summed E-state index contributed by atoms with van der Waals surface area (Å²) in [6.07, 6.45) is 0. The first-order valence-electron chi connectivity index (χ1n) is 5.68. The van der Waals surface area contributed by atoms with Gasteiger partial charge in [0, 0.05) is 11.0 Å². The molecule has 0 spiro atoms. The van der Waals surface area contributed by atoms with Gasteiger partial charge in [0.2, 0.25) is 5.88 Å². The van der Waals surface area contributed by atoms with E-state index in [-0.39, 0.29) is 17.2 Å². The van der Waals surface area contributed by atoms with Crippen LogP contribution in [0.2, 0.25) is 0 Å². The number of nitrogens with zero attached hydrogens (tertiary/aromatic N) is 1. The number of carbonyl (C=O) groups excluding carboxylic acids is 1. The van der Waals surface area contributed by atoms with Crippen LogP contribution in [0.15, 0.2) is 40.0 Å². The molecule has 19 heavy (non-hydrogen) atoms. The Morgan fingerprint density at radius 1 is 1.32 bits per heavy atom. The van der Waals surface area contributed by atoms with E-state index in [4.69, 9.17) is 0 Å². The summed E-state index contributed by atoms with van der Waals surface area (Å²) in [6, 6.07) is 8.19. The van der Waals surface area contributed by atoms with Crippen molar-refractivity contribution in [3.05, 3.63) is 51.8 Å². The molecule has 1 aromatic carbocycles. The SMILES string of the molecule is CC(=O)c1c(C)cc(=O)n(-c2ccccc2S)c1O. The van der Waals surface area contributed by atoms with Gasteiger partial charge in [-0.25, -0.2) is 4.57 Å². The number of rotatable bonds is 2. The minimum atomic E-state index is -0.401. The zero-order valence-electron chi connectivity index (χ0n) is 10.5. The molecule has 0 saturated carbocycles. The monoisotopic (exact) mass is 275 g/mol. The van der Waals surface area contributed by atoms with Gasteiger partial charge in [0.15, 0.2) is 5.78 Å². The van der Waals surface area contributed by atoms with E-state index in [1.165, 1.54) is 13.0 Å². The first kappa shape index (κ1) is 13.4. The Hall–Kier alpha value is -2.01. The number of hydrogen-bond acceptors (Lipinski definition) is 4. The molecule has 1 aromatic heterocycles. The highest BCUT2D eigenvalue weighted by Crippen LogP contribution is 2.25. The summed E-state index contributed by atoms with van der Waals surface area (Å²) in [4.78, 5) is 24.2. The molecule has 5 heteroatoms. The molecule has 4 nitrogen and oxygen atoms in total. The molecule has 2 aromatic rings. The number of aromatic hydroxyl groups is 1. The Bertz CT molecular complexity index is 719. The van der Waals surface area contributed by atoms with Crippen LogP contribution >= 0.6 is 12.6 Å². The molecule has 0 saturated heterocycles. The summed E-state index contributed by atoms with van der Waals surface area (Å²) < 4.78 is 1.09. The summed E-state index contributed by atoms with van der Waals surface area (Å²) in [6.45, 7) is 2.97. The van der Waals surface area contributed by atoms with Gasteiger partial charge in [-0.3, -0.25) is 9.59 Å². The number of benzene rings is 1. The normalized spacial score (nSPS) is 10.5. The maximum atomic E-state index is 12.0. The van der Waals surface area contributed by atoms with Crippen molar-refractivity contribution in [2.24, 2.45) is 0 Å². The minimum Gasteiger partial charge on any atom is -0.494 e. The first-order chi connectivity index (χ1) is 8.93. The van der Waals surface area contributed by atoms with Crippen molar-refractivity contribution in [2.45, 2.75) is 18.7 Å². The molecule has 0 aliphatic carbocycles. The van der Waals surface area contributed by atoms with Crippen LogP contribution in [0.1, 0.15) is 22.8 Å². The summed E-state index contributed by atoms with van der Waals surface area (Å²) in [5.41, 5.74) is 0.649. The zero-order chi connectivity index (χ0) is 14.2. The van der Waals surface area contributed by atoms with Crippen LogP contribution in [0.4, 0.5) is 0 Å². The van der Waals surface area contributed by atoms with Crippen molar-refractivity contribution >= 4 is 18.4 Å². The molecular weight excluding hydrogens is 262 g/mol. The lowest BCUT2D eigenvalue weighted by Crippen LogP contribution is -2.21. The van der Waals surface area contributed by atoms with Crippen molar-refractivity contribution in [2.75, 3.05) is 0 Å². The lowest BCUT2D eigenvalue weighted by atomic mass is 10.1. The van der Waals surface area contributed by atoms with Gasteiger partial charge in [0.25, 0.3) is 5.56 Å². The highest BCUT2D eigenvalue weighted by Gasteiger charge is 2.18. The predicted molar refractivity (Wildman–Crippen MR) is 75.7 cm³/mol. The second-order valence-electron chi connectivity index (χ2n) is 4.24. The van der Waals surface area contributed by atoms with Crippen molar-refractivity contribution in [3.8, 4) is 11.6 Å². The Morgan fingerprint density at radius 2 is 1.95 bits per heavy atom. The van der Waals surface area contributed by atoms with Gasteiger partial charge in [-0.2, -0.15) is 0 Å². The quantitative estimate of drug-likeness (QED) is 0.653. The average molecular weight is 275 g/mol. The van der Waals surface area contributed by atoms with Crippen LogP contribution < -0.4 is 5.56 Å². The Kier molecular flexibility index (Phi) is 3.48. The molecule has 0 aliphatic rings. The average Bonchev–Trinajstić information content (AvgIpc) is 2.30. The second-order valence-corrected chi connectivity index (χ2v) is 4.73. The fourth-order valence-electron chi connectivity index (χ4n) is 2.04. The molecule has 0 unspecified atom stereocenters. The lowest BCUT2D eigenvalue weighted by Gasteiger charge is -2.14. The van der Waals surface area contributed by atoms with Gasteiger partial charge in [-0.05, 0) is 31.5 Å². The fraction of sp³-hybridized carbons (Fsp3) is 0.143. The molecule has 0 amide bonds. The minimum absolute atomic E-state index is 0.149. The van der Waals surface area contributed by atoms with Crippen molar-refractivity contribution < 1.29 is 9.90 Å². The molecule has 0 bridgehead atoms. The van der Waals surface area contributed by atoms with Crippen LogP contribution in [0.3, 0.4) is 0 Å². The summed E-state index contributed by atoms with van der Waals surface area (Å²) in [5, 5.41) is 10.2. The van der Waals surface area contributed by atoms with Gasteiger partial charge >= 0.3 is 0 Å². The smallest absolute Gasteiger partial charge is 0.258 e. The molecule has 1 heterocycles. The van der Waals surface area contributed by atoms with E-state index in [0.29, 0.717) is 16.1 Å². The third-order valence-corrected chi connectivity index (χ3v) is 3.24. The number of para-hydroxylation sites is 1. The van der Waals surface area contributed by atoms with Crippen LogP contribution in [0, 0.1) is 6.92 Å². The lowest BCUT2D eigenvalue weighted by molar-refractivity contribution is 0.101. The largest absolute Gasteiger partial charge is 0.494 e.